The number of benzene rings is 2. The Morgan fingerprint density at radius 1 is 0.977 bits per heavy atom. The smallest absolute Gasteiger partial charge is 0.436 e. The van der Waals surface area contributed by atoms with E-state index in [9.17, 15) is 14.4 Å². The van der Waals surface area contributed by atoms with Gasteiger partial charge in [-0.3, -0.25) is 14.5 Å². The van der Waals surface area contributed by atoms with Crippen LogP contribution in [0.4, 0.5) is 10.6 Å². The summed E-state index contributed by atoms with van der Waals surface area (Å²) in [6.45, 7) is 12.3. The molecule has 0 unspecified atom stereocenters. The van der Waals surface area contributed by atoms with Gasteiger partial charge in [-0.15, -0.1) is 16.4 Å². The van der Waals surface area contributed by atoms with Crippen LogP contribution in [0.2, 0.25) is 0 Å². The van der Waals surface area contributed by atoms with Gasteiger partial charge in [-0.05, 0) is 64.1 Å². The molecule has 226 valence electrons. The monoisotopic (exact) mass is 602 g/mol. The number of likely N-dealkylation sites (N-methyl/N-ethyl adjacent to an activating group) is 1. The van der Waals surface area contributed by atoms with Crippen molar-refractivity contribution in [2.75, 3.05) is 38.5 Å². The van der Waals surface area contributed by atoms with Gasteiger partial charge in [0.1, 0.15) is 4.83 Å². The van der Waals surface area contributed by atoms with E-state index in [1.54, 1.807) is 32.0 Å². The van der Waals surface area contributed by atoms with Crippen LogP contribution in [0.3, 0.4) is 0 Å². The van der Waals surface area contributed by atoms with Crippen LogP contribution < -0.4 is 10.6 Å². The molecule has 0 bridgehead atoms. The number of hydrogen-bond donors (Lipinski definition) is 2. The number of nitrogens with zero attached hydrogens (tertiary/aromatic N) is 4. The van der Waals surface area contributed by atoms with Crippen molar-refractivity contribution in [3.63, 3.8) is 0 Å². The Kier molecular flexibility index (Phi) is 8.95. The Hall–Kier alpha value is -4.06. The summed E-state index contributed by atoms with van der Waals surface area (Å²) in [5.41, 5.74) is 1.92. The Bertz CT molecular complexity index is 1600. The number of nitrogens with one attached hydrogen (secondary N) is 2. The molecule has 1 fully saturated rings. The van der Waals surface area contributed by atoms with Gasteiger partial charge in [-0.1, -0.05) is 42.5 Å². The van der Waals surface area contributed by atoms with Gasteiger partial charge in [0, 0.05) is 38.3 Å². The highest BCUT2D eigenvalue weighted by Gasteiger charge is 2.27. The minimum atomic E-state index is -0.688. The van der Waals surface area contributed by atoms with Crippen LogP contribution in [0.5, 0.6) is 0 Å². The predicted molar refractivity (Wildman–Crippen MR) is 169 cm³/mol. The molecular formula is C32H38N6O4S. The molecule has 0 aliphatic carbocycles. The molecule has 0 spiro atoms. The number of hydrogen-bond acceptors (Lipinski definition) is 8. The molecule has 10 nitrogen and oxygen atoms in total. The third-order valence-electron chi connectivity index (χ3n) is 7.46. The quantitative estimate of drug-likeness (QED) is 0.287. The second kappa shape index (κ2) is 12.7. The summed E-state index contributed by atoms with van der Waals surface area (Å²) in [6.07, 6.45) is -1.06. The number of ether oxygens (including phenoxy) is 1. The molecule has 0 radical (unpaired) electrons. The maximum Gasteiger partial charge on any atom is 0.436 e. The van der Waals surface area contributed by atoms with Gasteiger partial charge in [0.15, 0.2) is 5.82 Å². The lowest BCUT2D eigenvalue weighted by molar-refractivity contribution is 0.0915. The summed E-state index contributed by atoms with van der Waals surface area (Å²) in [6, 6.07) is 18.8. The second-order valence-electron chi connectivity index (χ2n) is 11.7. The van der Waals surface area contributed by atoms with E-state index >= 15 is 0 Å². The zero-order chi connectivity index (χ0) is 30.7. The fraction of sp³-hybridized carbons (Fsp3) is 0.375. The zero-order valence-electron chi connectivity index (χ0n) is 25.2. The van der Waals surface area contributed by atoms with Gasteiger partial charge >= 0.3 is 6.09 Å². The Labute approximate surface area is 255 Å². The first-order chi connectivity index (χ1) is 20.5. The highest BCUT2D eigenvalue weighted by Crippen LogP contribution is 2.33. The van der Waals surface area contributed by atoms with Crippen molar-refractivity contribution >= 4 is 45.3 Å². The molecule has 43 heavy (non-hydrogen) atoms. The van der Waals surface area contributed by atoms with Crippen LogP contribution in [-0.2, 0) is 16.8 Å². The van der Waals surface area contributed by atoms with Gasteiger partial charge in [-0.25, -0.2) is 4.79 Å². The first kappa shape index (κ1) is 30.4. The lowest BCUT2D eigenvalue weighted by Gasteiger charge is -2.32. The summed E-state index contributed by atoms with van der Waals surface area (Å²) in [7, 11) is 2.13. The second-order valence-corrected chi connectivity index (χ2v) is 12.7. The average Bonchev–Trinajstić information content (AvgIpc) is 3.55. The number of rotatable bonds is 8. The third-order valence-corrected chi connectivity index (χ3v) is 8.57. The Balaban J connectivity index is 1.36. The predicted octanol–water partition coefficient (Wildman–Crippen LogP) is 5.16. The molecule has 11 heteroatoms. The summed E-state index contributed by atoms with van der Waals surface area (Å²) < 4.78 is 6.49. The number of aromatic nitrogens is 2. The van der Waals surface area contributed by atoms with Crippen molar-refractivity contribution in [1.29, 1.82) is 0 Å². The molecule has 4 aromatic rings. The van der Waals surface area contributed by atoms with E-state index in [0.717, 1.165) is 59.9 Å². The van der Waals surface area contributed by atoms with Crippen LogP contribution in [0.25, 0.3) is 10.2 Å². The van der Waals surface area contributed by atoms with Crippen LogP contribution in [0, 0.1) is 0 Å². The van der Waals surface area contributed by atoms with Crippen molar-refractivity contribution < 1.29 is 19.1 Å². The topological polar surface area (TPSA) is 109 Å². The number of piperazine rings is 1. The first-order valence-electron chi connectivity index (χ1n) is 14.4. The van der Waals surface area contributed by atoms with Crippen molar-refractivity contribution in [1.82, 2.24) is 24.9 Å². The fourth-order valence-electron chi connectivity index (χ4n) is 4.97. The Morgan fingerprint density at radius 2 is 1.65 bits per heavy atom. The zero-order valence-corrected chi connectivity index (χ0v) is 26.0. The highest BCUT2D eigenvalue weighted by molar-refractivity contribution is 7.20. The van der Waals surface area contributed by atoms with E-state index in [1.165, 1.54) is 0 Å². The molecule has 2 aromatic carbocycles. The molecule has 5 rings (SSSR count). The first-order valence-corrected chi connectivity index (χ1v) is 15.2. The number of carbonyl (C=O) groups is 3. The summed E-state index contributed by atoms with van der Waals surface area (Å²) in [5, 5.41) is 10.8. The maximum absolute atomic E-state index is 13.4. The molecule has 2 aromatic heterocycles. The number of anilines is 1. The number of fused-ring (bicyclic) bond motifs is 1. The van der Waals surface area contributed by atoms with Crippen molar-refractivity contribution in [2.24, 2.45) is 0 Å². The van der Waals surface area contributed by atoms with Crippen LogP contribution in [0.1, 0.15) is 58.9 Å². The van der Waals surface area contributed by atoms with Gasteiger partial charge in [0.2, 0.25) is 0 Å². The van der Waals surface area contributed by atoms with E-state index in [2.05, 4.69) is 32.6 Å². The number of carbonyl (C=O) groups excluding carboxylic acids is 3. The fourth-order valence-corrected chi connectivity index (χ4v) is 5.96. The van der Waals surface area contributed by atoms with Crippen LogP contribution in [0.15, 0.2) is 60.7 Å². The molecule has 1 saturated heterocycles. The van der Waals surface area contributed by atoms with Crippen LogP contribution >= 0.6 is 11.3 Å². The lowest BCUT2D eigenvalue weighted by Crippen LogP contribution is -2.43. The van der Waals surface area contributed by atoms with Gasteiger partial charge in [-0.2, -0.15) is 4.68 Å². The number of thiophene rings is 1. The van der Waals surface area contributed by atoms with Crippen molar-refractivity contribution in [3.05, 3.63) is 82.2 Å². The molecular weight excluding hydrogens is 564 g/mol. The van der Waals surface area contributed by atoms with E-state index in [0.29, 0.717) is 20.7 Å². The third kappa shape index (κ3) is 7.12. The minimum Gasteiger partial charge on any atom is -0.445 e. The minimum absolute atomic E-state index is 0.180. The largest absolute Gasteiger partial charge is 0.445 e. The summed E-state index contributed by atoms with van der Waals surface area (Å²) in [5.74, 6) is -0.482. The normalized spacial score (nSPS) is 14.7. The molecule has 1 aliphatic rings. The molecule has 2 N–H and O–H groups in total. The summed E-state index contributed by atoms with van der Waals surface area (Å²) >= 11 is 1.11. The van der Waals surface area contributed by atoms with Gasteiger partial charge in [0.25, 0.3) is 11.8 Å². The standard InChI is InChI=1S/C32H38N6O4S/c1-21(2)42-31(41)38-30-25(19-26(43-30)29(40)34-32(3,4)24-9-7-6-8-10-24)27(35-38)33-28(39)23-13-11-22(12-14-23)20-37-17-15-36(5)16-18-37/h6-14,19,21H,15-18,20H2,1-5H3,(H,34,40)(H,33,35,39). The van der Waals surface area contributed by atoms with Crippen molar-refractivity contribution in [2.45, 2.75) is 45.9 Å². The molecule has 1 aliphatic heterocycles. The van der Waals surface area contributed by atoms with Gasteiger partial charge < -0.3 is 20.3 Å². The number of amides is 2. The highest BCUT2D eigenvalue weighted by atomic mass is 32.1. The SMILES string of the molecule is CC(C)OC(=O)n1nc(NC(=O)c2ccc(CN3CCN(C)CC3)cc2)c2cc(C(=O)NC(C)(C)c3ccccc3)sc21. The van der Waals surface area contributed by atoms with E-state index < -0.39 is 11.6 Å². The van der Waals surface area contributed by atoms with E-state index in [1.807, 2.05) is 56.3 Å². The van der Waals surface area contributed by atoms with E-state index in [-0.39, 0.29) is 23.7 Å². The summed E-state index contributed by atoms with van der Waals surface area (Å²) in [4.78, 5) is 45.1. The Morgan fingerprint density at radius 3 is 2.30 bits per heavy atom. The van der Waals surface area contributed by atoms with Crippen molar-refractivity contribution in [3.8, 4) is 0 Å². The van der Waals surface area contributed by atoms with Gasteiger partial charge in [0.05, 0.1) is 21.9 Å². The molecule has 2 amide bonds. The molecule has 0 saturated carbocycles. The van der Waals surface area contributed by atoms with E-state index in [4.69, 9.17) is 4.74 Å². The van der Waals surface area contributed by atoms with Crippen LogP contribution in [-0.4, -0.2) is 76.8 Å². The maximum atomic E-state index is 13.4. The lowest BCUT2D eigenvalue weighted by atomic mass is 9.94. The molecule has 0 atom stereocenters. The molecule has 3 heterocycles. The average molecular weight is 603 g/mol.